The van der Waals surface area contributed by atoms with Gasteiger partial charge >= 0.3 is 5.97 Å². The van der Waals surface area contributed by atoms with Gasteiger partial charge in [0.2, 0.25) is 0 Å². The van der Waals surface area contributed by atoms with Gasteiger partial charge in [0.15, 0.2) is 0 Å². The summed E-state index contributed by atoms with van der Waals surface area (Å²) in [4.78, 5) is 15.2. The van der Waals surface area contributed by atoms with E-state index in [0.717, 1.165) is 32.5 Å². The molecule has 4 heteroatoms. The molecule has 0 amide bonds. The first kappa shape index (κ1) is 17.9. The van der Waals surface area contributed by atoms with Crippen molar-refractivity contribution in [3.05, 3.63) is 64.4 Å². The quantitative estimate of drug-likeness (QED) is 0.687. The number of carbonyl (C=O) groups is 1. The summed E-state index contributed by atoms with van der Waals surface area (Å²) in [7, 11) is 1.47. The van der Waals surface area contributed by atoms with Crippen LogP contribution >= 0.6 is 11.3 Å². The lowest BCUT2D eigenvalue weighted by molar-refractivity contribution is -0.141. The fourth-order valence-electron chi connectivity index (χ4n) is 3.40. The first-order valence-corrected chi connectivity index (χ1v) is 9.73. The number of methoxy groups -OCH3 is 1. The Hall–Kier alpha value is -1.91. The third kappa shape index (κ3) is 5.03. The number of likely N-dealkylation sites (tertiary alicyclic amines) is 1. The van der Waals surface area contributed by atoms with Crippen LogP contribution in [0, 0.1) is 5.92 Å². The number of hydrogen-bond acceptors (Lipinski definition) is 4. The average molecular weight is 356 g/mol. The highest BCUT2D eigenvalue weighted by molar-refractivity contribution is 7.11. The maximum absolute atomic E-state index is 11.4. The van der Waals surface area contributed by atoms with Crippen molar-refractivity contribution in [2.24, 2.45) is 5.92 Å². The maximum atomic E-state index is 11.4. The Labute approximate surface area is 153 Å². The van der Waals surface area contributed by atoms with Crippen LogP contribution in [-0.4, -0.2) is 37.6 Å². The van der Waals surface area contributed by atoms with E-state index in [0.29, 0.717) is 12.3 Å². The number of carbonyl (C=O) groups excluding carboxylic acids is 1. The van der Waals surface area contributed by atoms with Gasteiger partial charge in [0.1, 0.15) is 0 Å². The van der Waals surface area contributed by atoms with Crippen molar-refractivity contribution in [3.8, 4) is 0 Å². The highest BCUT2D eigenvalue weighted by Gasteiger charge is 2.24. The van der Waals surface area contributed by atoms with Crippen LogP contribution in [0.5, 0.6) is 0 Å². The standard InChI is InChI=1S/C21H25NO2S/c1-24-21(23)15-17-11-13-22(16-17)12-5-9-19(20-10-6-14-25-20)18-7-3-2-4-8-18/h2-4,6-10,14,17H,5,11-13,15-16H2,1H3/b19-9-. The van der Waals surface area contributed by atoms with E-state index in [2.05, 4.69) is 58.8 Å². The fourth-order valence-corrected chi connectivity index (χ4v) is 4.19. The predicted octanol–water partition coefficient (Wildman–Crippen LogP) is 4.45. The number of hydrogen-bond donors (Lipinski definition) is 0. The van der Waals surface area contributed by atoms with Crippen LogP contribution in [0.25, 0.3) is 5.57 Å². The Kier molecular flexibility index (Phi) is 6.42. The minimum Gasteiger partial charge on any atom is -0.469 e. The Morgan fingerprint density at radius 1 is 1.28 bits per heavy atom. The summed E-state index contributed by atoms with van der Waals surface area (Å²) in [5.74, 6) is 0.359. The van der Waals surface area contributed by atoms with Gasteiger partial charge in [-0.15, -0.1) is 11.3 Å². The third-order valence-electron chi connectivity index (χ3n) is 4.72. The predicted molar refractivity (Wildman–Crippen MR) is 104 cm³/mol. The second-order valence-electron chi connectivity index (χ2n) is 6.49. The average Bonchev–Trinajstić information content (AvgIpc) is 3.31. The van der Waals surface area contributed by atoms with Gasteiger partial charge in [-0.2, -0.15) is 0 Å². The molecule has 0 radical (unpaired) electrons. The van der Waals surface area contributed by atoms with Gasteiger partial charge in [0.05, 0.1) is 7.11 Å². The molecular formula is C21H25NO2S. The topological polar surface area (TPSA) is 29.5 Å². The van der Waals surface area contributed by atoms with E-state index in [1.165, 1.54) is 23.1 Å². The molecule has 2 heterocycles. The molecule has 0 saturated carbocycles. The molecule has 1 aliphatic rings. The zero-order chi connectivity index (χ0) is 17.5. The number of esters is 1. The molecule has 3 nitrogen and oxygen atoms in total. The maximum Gasteiger partial charge on any atom is 0.305 e. The van der Waals surface area contributed by atoms with Gasteiger partial charge in [-0.3, -0.25) is 4.79 Å². The Bertz CT molecular complexity index is 694. The van der Waals surface area contributed by atoms with Crippen LogP contribution < -0.4 is 0 Å². The van der Waals surface area contributed by atoms with Gasteiger partial charge in [-0.05, 0) is 47.9 Å². The van der Waals surface area contributed by atoms with Crippen molar-refractivity contribution in [2.45, 2.75) is 19.3 Å². The van der Waals surface area contributed by atoms with E-state index >= 15 is 0 Å². The van der Waals surface area contributed by atoms with Gasteiger partial charge < -0.3 is 9.64 Å². The smallest absolute Gasteiger partial charge is 0.305 e. The van der Waals surface area contributed by atoms with Crippen LogP contribution in [0.1, 0.15) is 29.7 Å². The summed E-state index contributed by atoms with van der Waals surface area (Å²) in [5.41, 5.74) is 2.59. The summed E-state index contributed by atoms with van der Waals surface area (Å²) in [6.45, 7) is 3.12. The normalized spacial score (nSPS) is 18.4. The van der Waals surface area contributed by atoms with Gasteiger partial charge in [0, 0.05) is 24.4 Å². The van der Waals surface area contributed by atoms with Crippen LogP contribution in [0.2, 0.25) is 0 Å². The van der Waals surface area contributed by atoms with E-state index in [1.54, 1.807) is 11.3 Å². The van der Waals surface area contributed by atoms with Crippen LogP contribution in [0.4, 0.5) is 0 Å². The lowest BCUT2D eigenvalue weighted by atomic mass is 10.0. The number of ether oxygens (including phenoxy) is 1. The first-order valence-electron chi connectivity index (χ1n) is 8.85. The second kappa shape index (κ2) is 8.97. The molecule has 0 spiro atoms. The van der Waals surface area contributed by atoms with Gasteiger partial charge in [-0.1, -0.05) is 42.5 Å². The van der Waals surface area contributed by atoms with Crippen molar-refractivity contribution in [1.29, 1.82) is 0 Å². The summed E-state index contributed by atoms with van der Waals surface area (Å²) >= 11 is 1.78. The molecule has 25 heavy (non-hydrogen) atoms. The summed E-state index contributed by atoms with van der Waals surface area (Å²) < 4.78 is 4.78. The molecule has 1 saturated heterocycles. The highest BCUT2D eigenvalue weighted by atomic mass is 32.1. The summed E-state index contributed by atoms with van der Waals surface area (Å²) in [6.07, 6.45) is 5.02. The third-order valence-corrected chi connectivity index (χ3v) is 5.62. The van der Waals surface area contributed by atoms with E-state index in [9.17, 15) is 4.79 Å². The largest absolute Gasteiger partial charge is 0.469 e. The molecule has 0 aliphatic carbocycles. The van der Waals surface area contributed by atoms with Crippen LogP contribution in [0.15, 0.2) is 53.9 Å². The molecule has 1 aliphatic heterocycles. The zero-order valence-corrected chi connectivity index (χ0v) is 15.5. The van der Waals surface area contributed by atoms with E-state index in [-0.39, 0.29) is 5.97 Å². The Morgan fingerprint density at radius 2 is 2.12 bits per heavy atom. The SMILES string of the molecule is COC(=O)CC1CCN(CC/C=C(/c2ccccc2)c2cccs2)C1. The van der Waals surface area contributed by atoms with Crippen molar-refractivity contribution in [1.82, 2.24) is 4.90 Å². The molecule has 1 fully saturated rings. The first-order chi connectivity index (χ1) is 12.3. The zero-order valence-electron chi connectivity index (χ0n) is 14.7. The lowest BCUT2D eigenvalue weighted by Gasteiger charge is -2.15. The van der Waals surface area contributed by atoms with E-state index < -0.39 is 0 Å². The fraction of sp³-hybridized carbons (Fsp3) is 0.381. The van der Waals surface area contributed by atoms with Crippen molar-refractivity contribution in [2.75, 3.05) is 26.7 Å². The molecule has 1 atom stereocenters. The molecular weight excluding hydrogens is 330 g/mol. The molecule has 1 aromatic carbocycles. The van der Waals surface area contributed by atoms with Crippen molar-refractivity contribution in [3.63, 3.8) is 0 Å². The molecule has 3 rings (SSSR count). The van der Waals surface area contributed by atoms with Crippen molar-refractivity contribution < 1.29 is 9.53 Å². The minimum atomic E-state index is -0.0872. The molecule has 1 aromatic heterocycles. The molecule has 0 N–H and O–H groups in total. The van der Waals surface area contributed by atoms with E-state index in [1.807, 2.05) is 0 Å². The summed E-state index contributed by atoms with van der Waals surface area (Å²) in [5, 5.41) is 2.13. The minimum absolute atomic E-state index is 0.0872. The van der Waals surface area contributed by atoms with Crippen molar-refractivity contribution >= 4 is 22.9 Å². The molecule has 1 unspecified atom stereocenters. The molecule has 0 bridgehead atoms. The Morgan fingerprint density at radius 3 is 2.84 bits per heavy atom. The van der Waals surface area contributed by atoms with Crippen LogP contribution in [-0.2, 0) is 9.53 Å². The monoisotopic (exact) mass is 355 g/mol. The molecule has 2 aromatic rings. The van der Waals surface area contributed by atoms with Gasteiger partial charge in [0.25, 0.3) is 0 Å². The van der Waals surface area contributed by atoms with Crippen LogP contribution in [0.3, 0.4) is 0 Å². The highest BCUT2D eigenvalue weighted by Crippen LogP contribution is 2.28. The number of benzene rings is 1. The number of rotatable bonds is 7. The van der Waals surface area contributed by atoms with Gasteiger partial charge in [-0.25, -0.2) is 0 Å². The Balaban J connectivity index is 1.59. The lowest BCUT2D eigenvalue weighted by Crippen LogP contribution is -2.22. The summed E-state index contributed by atoms with van der Waals surface area (Å²) in [6, 6.07) is 14.9. The second-order valence-corrected chi connectivity index (χ2v) is 7.43. The van der Waals surface area contributed by atoms with E-state index in [4.69, 9.17) is 4.74 Å². The molecule has 132 valence electrons. The number of thiophene rings is 1. The number of nitrogens with zero attached hydrogens (tertiary/aromatic N) is 1.